The van der Waals surface area contributed by atoms with E-state index >= 15 is 0 Å². The third kappa shape index (κ3) is 2.59. The number of benzene rings is 1. The topological polar surface area (TPSA) is 54.4 Å². The molecular formula is C8H7AsO3. The van der Waals surface area contributed by atoms with Crippen LogP contribution in [0.2, 0.25) is 0 Å². The van der Waals surface area contributed by atoms with Crippen LogP contribution in [-0.4, -0.2) is 26.8 Å². The van der Waals surface area contributed by atoms with Gasteiger partial charge in [0.15, 0.2) is 0 Å². The number of carboxylic acid groups (broad SMARTS) is 1. The molecule has 0 radical (unpaired) electrons. The average Bonchev–Trinajstić information content (AvgIpc) is 2.05. The van der Waals surface area contributed by atoms with E-state index in [0.29, 0.717) is 0 Å². The fourth-order valence-electron chi connectivity index (χ4n) is 0.849. The summed E-state index contributed by atoms with van der Waals surface area (Å²) >= 11 is -0.994. The van der Waals surface area contributed by atoms with Crippen LogP contribution in [0.3, 0.4) is 0 Å². The Balaban J connectivity index is 2.77. The van der Waals surface area contributed by atoms with E-state index in [4.69, 9.17) is 5.11 Å². The minimum absolute atomic E-state index is 0.0234. The van der Waals surface area contributed by atoms with Crippen molar-refractivity contribution in [2.75, 3.05) is 0 Å². The van der Waals surface area contributed by atoms with E-state index in [9.17, 15) is 8.53 Å². The van der Waals surface area contributed by atoms with Crippen LogP contribution in [0.4, 0.5) is 0 Å². The molecule has 0 spiro atoms. The predicted molar refractivity (Wildman–Crippen MR) is 43.9 cm³/mol. The Hall–Kier alpha value is -0.952. The molecule has 0 bridgehead atoms. The van der Waals surface area contributed by atoms with Crippen LogP contribution in [0.25, 0.3) is 0 Å². The third-order valence-electron chi connectivity index (χ3n) is 1.40. The number of hydrogen-bond donors (Lipinski definition) is 1. The van der Waals surface area contributed by atoms with Gasteiger partial charge < -0.3 is 0 Å². The molecular weight excluding hydrogens is 219 g/mol. The predicted octanol–water partition coefficient (Wildman–Crippen LogP) is -0.0113. The summed E-state index contributed by atoms with van der Waals surface area (Å²) in [4.78, 5) is 10.3. The van der Waals surface area contributed by atoms with Crippen molar-refractivity contribution >= 4 is 26.0 Å². The quantitative estimate of drug-likeness (QED) is 0.737. The van der Waals surface area contributed by atoms with Gasteiger partial charge in [0.2, 0.25) is 0 Å². The molecule has 3 nitrogen and oxygen atoms in total. The molecule has 0 fully saturated rings. The Bertz CT molecular complexity index is 292. The molecule has 0 unspecified atom stereocenters. The molecule has 1 aromatic rings. The first-order valence-electron chi connectivity index (χ1n) is 3.36. The first-order valence-corrected chi connectivity index (χ1v) is 5.07. The molecule has 0 aliphatic carbocycles. The van der Waals surface area contributed by atoms with Gasteiger partial charge in [-0.05, 0) is 0 Å². The fraction of sp³-hybridized carbons (Fsp3) is 0.125. The van der Waals surface area contributed by atoms with Gasteiger partial charge in [0, 0.05) is 0 Å². The molecule has 0 saturated heterocycles. The van der Waals surface area contributed by atoms with Gasteiger partial charge in [-0.2, -0.15) is 0 Å². The standard InChI is InChI=1S/C8H7AsO3/c10-8(11)5-6-1-3-7(9-12)4-2-6/h1-4H,5H2,(H,10,11). The summed E-state index contributed by atoms with van der Waals surface area (Å²) in [7, 11) is 0. The first kappa shape index (κ1) is 9.14. The molecule has 1 aromatic carbocycles. The molecule has 62 valence electrons. The number of carbonyl (C=O) groups is 1. The summed E-state index contributed by atoms with van der Waals surface area (Å²) in [5, 5.41) is 8.44. The van der Waals surface area contributed by atoms with Crippen LogP contribution in [0.15, 0.2) is 24.3 Å². The number of rotatable bonds is 3. The Morgan fingerprint density at radius 3 is 2.33 bits per heavy atom. The Morgan fingerprint density at radius 2 is 1.92 bits per heavy atom. The van der Waals surface area contributed by atoms with Crippen LogP contribution in [0, 0.1) is 0 Å². The molecule has 0 aliphatic heterocycles. The van der Waals surface area contributed by atoms with E-state index in [2.05, 4.69) is 0 Å². The molecule has 12 heavy (non-hydrogen) atoms. The fourth-order valence-corrected chi connectivity index (χ4v) is 1.42. The van der Waals surface area contributed by atoms with E-state index in [1.165, 1.54) is 0 Å². The van der Waals surface area contributed by atoms with Crippen LogP contribution < -0.4 is 4.35 Å². The van der Waals surface area contributed by atoms with Crippen molar-refractivity contribution in [2.45, 2.75) is 6.42 Å². The van der Waals surface area contributed by atoms with Crippen molar-refractivity contribution in [3.05, 3.63) is 29.8 Å². The molecule has 0 atom stereocenters. The second kappa shape index (κ2) is 4.17. The van der Waals surface area contributed by atoms with E-state index < -0.39 is 21.7 Å². The Labute approximate surface area is 76.3 Å². The molecule has 0 saturated carbocycles. The molecule has 0 aromatic heterocycles. The van der Waals surface area contributed by atoms with Gasteiger partial charge in [-0.25, -0.2) is 0 Å². The van der Waals surface area contributed by atoms with Crippen molar-refractivity contribution in [3.8, 4) is 0 Å². The SMILES string of the molecule is O=[As]c1ccc(CC(=O)O)cc1. The number of aliphatic carboxylic acids is 1. The van der Waals surface area contributed by atoms with E-state index in [-0.39, 0.29) is 6.42 Å². The van der Waals surface area contributed by atoms with Crippen molar-refractivity contribution < 1.29 is 13.6 Å². The van der Waals surface area contributed by atoms with Crippen molar-refractivity contribution in [2.24, 2.45) is 0 Å². The van der Waals surface area contributed by atoms with E-state index in [1.807, 2.05) is 0 Å². The van der Waals surface area contributed by atoms with Gasteiger partial charge in [-0.1, -0.05) is 0 Å². The molecule has 0 amide bonds. The second-order valence-corrected chi connectivity index (χ2v) is 3.79. The van der Waals surface area contributed by atoms with Gasteiger partial charge >= 0.3 is 75.9 Å². The number of carboxylic acids is 1. The van der Waals surface area contributed by atoms with Gasteiger partial charge in [0.1, 0.15) is 0 Å². The van der Waals surface area contributed by atoms with E-state index in [1.54, 1.807) is 24.3 Å². The van der Waals surface area contributed by atoms with Crippen LogP contribution >= 0.6 is 0 Å². The molecule has 4 heteroatoms. The normalized spacial score (nSPS) is 10.0. The van der Waals surface area contributed by atoms with E-state index in [0.717, 1.165) is 9.91 Å². The van der Waals surface area contributed by atoms with Crippen molar-refractivity contribution in [3.63, 3.8) is 0 Å². The van der Waals surface area contributed by atoms with Gasteiger partial charge in [-0.3, -0.25) is 0 Å². The minimum atomic E-state index is -0.994. The Kier molecular flexibility index (Phi) is 3.17. The second-order valence-electron chi connectivity index (χ2n) is 2.33. The van der Waals surface area contributed by atoms with Gasteiger partial charge in [0.25, 0.3) is 0 Å². The summed E-state index contributed by atoms with van der Waals surface area (Å²) in [6.45, 7) is 0. The summed E-state index contributed by atoms with van der Waals surface area (Å²) in [5.41, 5.74) is 0.737. The summed E-state index contributed by atoms with van der Waals surface area (Å²) in [6.07, 6.45) is 0.0234. The maximum atomic E-state index is 10.4. The monoisotopic (exact) mass is 226 g/mol. The molecule has 0 heterocycles. The zero-order valence-electron chi connectivity index (χ0n) is 6.23. The molecule has 0 aliphatic rings. The molecule has 1 rings (SSSR count). The van der Waals surface area contributed by atoms with Gasteiger partial charge in [-0.15, -0.1) is 0 Å². The average molecular weight is 226 g/mol. The van der Waals surface area contributed by atoms with Gasteiger partial charge in [0.05, 0.1) is 0 Å². The van der Waals surface area contributed by atoms with Crippen molar-refractivity contribution in [1.82, 2.24) is 0 Å². The zero-order valence-corrected chi connectivity index (χ0v) is 8.10. The first-order chi connectivity index (χ1) is 5.72. The third-order valence-corrected chi connectivity index (χ3v) is 2.46. The summed E-state index contributed by atoms with van der Waals surface area (Å²) in [5.74, 6) is -0.849. The summed E-state index contributed by atoms with van der Waals surface area (Å²) in [6, 6.07) is 6.78. The molecule has 1 N–H and O–H groups in total. The number of hydrogen-bond acceptors (Lipinski definition) is 2. The maximum absolute atomic E-state index is 10.4. The Morgan fingerprint density at radius 1 is 1.33 bits per heavy atom. The summed E-state index contributed by atoms with van der Waals surface area (Å²) < 4.78 is 11.2. The van der Waals surface area contributed by atoms with Crippen molar-refractivity contribution in [1.29, 1.82) is 0 Å². The van der Waals surface area contributed by atoms with Crippen LogP contribution in [-0.2, 0) is 15.0 Å². The van der Waals surface area contributed by atoms with Crippen LogP contribution in [0.1, 0.15) is 5.56 Å². The zero-order chi connectivity index (χ0) is 8.97. The van der Waals surface area contributed by atoms with Crippen LogP contribution in [0.5, 0.6) is 0 Å².